The molecule has 7 nitrogen and oxygen atoms in total. The number of para-hydroxylation sites is 1. The SMILES string of the molecule is CC1(C)OOOC1C1C(C(=O)OC(C#N)c2cccc(Oc3ccccc3)c2)C1(C)C. The van der Waals surface area contributed by atoms with Gasteiger partial charge in [-0.3, -0.25) is 4.79 Å². The van der Waals surface area contributed by atoms with Crippen molar-refractivity contribution in [3.63, 3.8) is 0 Å². The Balaban J connectivity index is 1.47. The van der Waals surface area contributed by atoms with Crippen LogP contribution in [-0.4, -0.2) is 17.7 Å². The first kappa shape index (κ1) is 21.3. The smallest absolute Gasteiger partial charge is 0.311 e. The molecule has 0 aromatic heterocycles. The highest BCUT2D eigenvalue weighted by atomic mass is 17.5. The number of rotatable bonds is 6. The van der Waals surface area contributed by atoms with E-state index in [0.29, 0.717) is 17.1 Å². The fraction of sp³-hybridized carbons (Fsp3) is 0.417. The van der Waals surface area contributed by atoms with E-state index in [0.717, 1.165) is 0 Å². The van der Waals surface area contributed by atoms with E-state index in [1.165, 1.54) is 0 Å². The highest BCUT2D eigenvalue weighted by Gasteiger charge is 2.70. The monoisotopic (exact) mass is 423 g/mol. The maximum atomic E-state index is 13.0. The lowest BCUT2D eigenvalue weighted by Crippen LogP contribution is -2.36. The Morgan fingerprint density at radius 3 is 2.42 bits per heavy atom. The molecule has 0 spiro atoms. The van der Waals surface area contributed by atoms with E-state index >= 15 is 0 Å². The summed E-state index contributed by atoms with van der Waals surface area (Å²) in [6, 6.07) is 18.4. The topological polar surface area (TPSA) is 87.0 Å². The zero-order valence-electron chi connectivity index (χ0n) is 17.9. The highest BCUT2D eigenvalue weighted by Crippen LogP contribution is 2.63. The van der Waals surface area contributed by atoms with E-state index in [1.807, 2.05) is 58.0 Å². The molecule has 1 saturated heterocycles. The van der Waals surface area contributed by atoms with Crippen molar-refractivity contribution in [2.45, 2.75) is 45.5 Å². The predicted molar refractivity (Wildman–Crippen MR) is 109 cm³/mol. The Morgan fingerprint density at radius 1 is 1.06 bits per heavy atom. The lowest BCUT2D eigenvalue weighted by Gasteiger charge is -2.20. The van der Waals surface area contributed by atoms with E-state index in [2.05, 4.69) is 6.07 Å². The molecule has 1 heterocycles. The van der Waals surface area contributed by atoms with Gasteiger partial charge >= 0.3 is 5.97 Å². The Kier molecular flexibility index (Phi) is 5.48. The molecule has 4 unspecified atom stereocenters. The first-order valence-electron chi connectivity index (χ1n) is 10.2. The number of nitrogens with zero attached hydrogens (tertiary/aromatic N) is 1. The molecule has 1 aliphatic carbocycles. The molecule has 2 fully saturated rings. The van der Waals surface area contributed by atoms with Crippen LogP contribution < -0.4 is 4.74 Å². The Bertz CT molecular complexity index is 997. The molecular weight excluding hydrogens is 398 g/mol. The lowest BCUT2D eigenvalue weighted by molar-refractivity contribution is -0.473. The number of carbonyl (C=O) groups is 1. The third-order valence-electron chi connectivity index (χ3n) is 6.06. The molecule has 1 saturated carbocycles. The number of esters is 1. The molecule has 0 amide bonds. The van der Waals surface area contributed by atoms with Crippen molar-refractivity contribution in [3.05, 3.63) is 60.2 Å². The third-order valence-corrected chi connectivity index (χ3v) is 6.06. The summed E-state index contributed by atoms with van der Waals surface area (Å²) >= 11 is 0. The van der Waals surface area contributed by atoms with Crippen LogP contribution in [0.3, 0.4) is 0 Å². The van der Waals surface area contributed by atoms with Gasteiger partial charge in [-0.15, -0.1) is 0 Å². The molecule has 2 aliphatic rings. The molecule has 0 radical (unpaired) electrons. The van der Waals surface area contributed by atoms with Crippen molar-refractivity contribution in [1.82, 2.24) is 0 Å². The minimum atomic E-state index is -1.05. The van der Waals surface area contributed by atoms with Gasteiger partial charge in [0.25, 0.3) is 0 Å². The van der Waals surface area contributed by atoms with E-state index < -0.39 is 29.7 Å². The maximum absolute atomic E-state index is 13.0. The molecule has 4 rings (SSSR count). The van der Waals surface area contributed by atoms with Gasteiger partial charge in [0.2, 0.25) is 6.10 Å². The van der Waals surface area contributed by atoms with Crippen molar-refractivity contribution in [2.75, 3.05) is 0 Å². The third kappa shape index (κ3) is 4.15. The Labute approximate surface area is 181 Å². The van der Waals surface area contributed by atoms with Gasteiger partial charge in [-0.2, -0.15) is 15.0 Å². The second kappa shape index (κ2) is 7.97. The normalized spacial score (nSPS) is 26.5. The van der Waals surface area contributed by atoms with Crippen LogP contribution in [0.4, 0.5) is 0 Å². The quantitative estimate of drug-likeness (QED) is 0.482. The molecule has 1 aliphatic heterocycles. The summed E-state index contributed by atoms with van der Waals surface area (Å²) in [6.07, 6.45) is -1.46. The van der Waals surface area contributed by atoms with Crippen LogP contribution in [0.1, 0.15) is 39.4 Å². The Hall–Kier alpha value is -2.92. The number of benzene rings is 2. The second-order valence-corrected chi connectivity index (χ2v) is 9.03. The second-order valence-electron chi connectivity index (χ2n) is 9.03. The molecule has 4 atom stereocenters. The van der Waals surface area contributed by atoms with Crippen molar-refractivity contribution >= 4 is 5.97 Å². The van der Waals surface area contributed by atoms with Crippen LogP contribution in [0.5, 0.6) is 11.5 Å². The van der Waals surface area contributed by atoms with Gasteiger partial charge in [-0.25, -0.2) is 0 Å². The minimum Gasteiger partial charge on any atom is -0.457 e. The number of nitriles is 1. The average Bonchev–Trinajstić information content (AvgIpc) is 3.12. The summed E-state index contributed by atoms with van der Waals surface area (Å²) in [5, 5.41) is 14.4. The standard InChI is InChI=1S/C24H25NO6/c1-23(2)19(21-24(3,4)30-31-29-21)20(23)22(26)28-18(14-25)15-9-8-12-17(13-15)27-16-10-6-5-7-11-16/h5-13,18-21H,1-4H3. The highest BCUT2D eigenvalue weighted by molar-refractivity contribution is 5.78. The molecule has 31 heavy (non-hydrogen) atoms. The molecule has 7 heteroatoms. The minimum absolute atomic E-state index is 0.149. The van der Waals surface area contributed by atoms with Crippen molar-refractivity contribution in [3.8, 4) is 17.6 Å². The summed E-state index contributed by atoms with van der Waals surface area (Å²) in [5.41, 5.74) is -0.508. The van der Waals surface area contributed by atoms with E-state index in [-0.39, 0.29) is 11.3 Å². The first-order chi connectivity index (χ1) is 14.7. The van der Waals surface area contributed by atoms with Crippen LogP contribution >= 0.6 is 0 Å². The van der Waals surface area contributed by atoms with Crippen LogP contribution in [0.2, 0.25) is 0 Å². The van der Waals surface area contributed by atoms with Crippen LogP contribution in [-0.2, 0) is 24.3 Å². The van der Waals surface area contributed by atoms with Crippen LogP contribution in [0.15, 0.2) is 54.6 Å². The summed E-state index contributed by atoms with van der Waals surface area (Å²) in [6.45, 7) is 7.63. The van der Waals surface area contributed by atoms with Crippen LogP contribution in [0.25, 0.3) is 0 Å². The largest absolute Gasteiger partial charge is 0.457 e. The fourth-order valence-corrected chi connectivity index (χ4v) is 4.22. The number of carbonyl (C=O) groups excluding carboxylic acids is 1. The zero-order chi connectivity index (χ0) is 22.2. The average molecular weight is 423 g/mol. The maximum Gasteiger partial charge on any atom is 0.311 e. The number of hydrogen-bond acceptors (Lipinski definition) is 7. The molecule has 0 bridgehead atoms. The lowest BCUT2D eigenvalue weighted by atomic mass is 9.93. The number of ether oxygens (including phenoxy) is 2. The Morgan fingerprint density at radius 2 is 1.77 bits per heavy atom. The molecule has 2 aromatic rings. The van der Waals surface area contributed by atoms with Gasteiger partial charge in [0, 0.05) is 11.5 Å². The summed E-state index contributed by atoms with van der Waals surface area (Å²) in [5.74, 6) is 0.213. The predicted octanol–water partition coefficient (Wildman–Crippen LogP) is 4.90. The molecule has 2 aromatic carbocycles. The van der Waals surface area contributed by atoms with Gasteiger partial charge in [0.15, 0.2) is 0 Å². The van der Waals surface area contributed by atoms with Crippen molar-refractivity contribution in [2.24, 2.45) is 17.3 Å². The number of hydrogen-bond donors (Lipinski definition) is 0. The van der Waals surface area contributed by atoms with E-state index in [1.54, 1.807) is 24.3 Å². The van der Waals surface area contributed by atoms with Gasteiger partial charge in [-0.1, -0.05) is 49.2 Å². The molecule has 162 valence electrons. The van der Waals surface area contributed by atoms with Crippen LogP contribution in [0, 0.1) is 28.6 Å². The fourth-order valence-electron chi connectivity index (χ4n) is 4.22. The van der Waals surface area contributed by atoms with Gasteiger partial charge in [0.1, 0.15) is 29.3 Å². The van der Waals surface area contributed by atoms with Crippen molar-refractivity contribution < 1.29 is 29.1 Å². The van der Waals surface area contributed by atoms with E-state index in [4.69, 9.17) is 24.3 Å². The summed E-state index contributed by atoms with van der Waals surface area (Å²) < 4.78 is 11.4. The molecular formula is C24H25NO6. The molecule has 0 N–H and O–H groups in total. The summed E-state index contributed by atoms with van der Waals surface area (Å²) in [7, 11) is 0. The zero-order valence-corrected chi connectivity index (χ0v) is 17.9. The van der Waals surface area contributed by atoms with Gasteiger partial charge < -0.3 is 9.47 Å². The van der Waals surface area contributed by atoms with Gasteiger partial charge in [0.05, 0.1) is 5.92 Å². The summed E-state index contributed by atoms with van der Waals surface area (Å²) in [4.78, 5) is 23.4. The van der Waals surface area contributed by atoms with E-state index in [9.17, 15) is 10.1 Å². The van der Waals surface area contributed by atoms with Crippen molar-refractivity contribution in [1.29, 1.82) is 5.26 Å². The first-order valence-corrected chi connectivity index (χ1v) is 10.2. The van der Waals surface area contributed by atoms with Gasteiger partial charge in [-0.05, 0) is 43.5 Å².